The van der Waals surface area contributed by atoms with Crippen molar-refractivity contribution < 1.29 is 19.2 Å². The second kappa shape index (κ2) is 6.47. The molecule has 2 N–H and O–H groups in total. The Balaban J connectivity index is 1.97. The minimum Gasteiger partial charge on any atom is -0.423 e. The van der Waals surface area contributed by atoms with Gasteiger partial charge in [0, 0.05) is 5.56 Å². The number of ether oxygens (including phenoxy) is 1. The van der Waals surface area contributed by atoms with Crippen LogP contribution in [0.25, 0.3) is 0 Å². The summed E-state index contributed by atoms with van der Waals surface area (Å²) in [5.41, 5.74) is 1.56. The first kappa shape index (κ1) is 13.7. The van der Waals surface area contributed by atoms with Gasteiger partial charge in [0.25, 0.3) is 0 Å². The quantitative estimate of drug-likeness (QED) is 0.795. The van der Waals surface area contributed by atoms with E-state index in [0.717, 1.165) is 5.56 Å². The van der Waals surface area contributed by atoms with E-state index in [1.165, 1.54) is 18.2 Å². The molecular weight excluding hydrogens is 246 g/mol. The lowest BCUT2D eigenvalue weighted by atomic mass is 9.79. The van der Waals surface area contributed by atoms with Crippen molar-refractivity contribution in [3.05, 3.63) is 65.5 Å². The lowest BCUT2D eigenvalue weighted by molar-refractivity contribution is 0.105. The Labute approximate surface area is 111 Å². The highest BCUT2D eigenvalue weighted by Crippen LogP contribution is 2.09. The summed E-state index contributed by atoms with van der Waals surface area (Å²) in [6.07, 6.45) is 0. The Morgan fingerprint density at radius 2 is 1.74 bits per heavy atom. The van der Waals surface area contributed by atoms with Gasteiger partial charge in [0.05, 0.1) is 13.2 Å². The zero-order valence-corrected chi connectivity index (χ0v) is 10.3. The molecule has 0 heterocycles. The average Bonchev–Trinajstić information content (AvgIpc) is 2.42. The van der Waals surface area contributed by atoms with Crippen LogP contribution in [-0.2, 0) is 18.0 Å². The molecule has 0 atom stereocenters. The first-order valence-electron chi connectivity index (χ1n) is 5.93. The lowest BCUT2D eigenvalue weighted by Gasteiger charge is -2.08. The van der Waals surface area contributed by atoms with Crippen LogP contribution in [0.3, 0.4) is 0 Å². The van der Waals surface area contributed by atoms with Gasteiger partial charge in [-0.05, 0) is 17.1 Å². The minimum absolute atomic E-state index is 0.0846. The third kappa shape index (κ3) is 3.89. The molecule has 0 spiro atoms. The van der Waals surface area contributed by atoms with E-state index < -0.39 is 12.9 Å². The SMILES string of the molecule is OB(O)c1ccc(F)c(COCc2ccccc2)c1. The Bertz CT molecular complexity index is 531. The highest BCUT2D eigenvalue weighted by Gasteiger charge is 2.13. The molecule has 0 aliphatic rings. The Hall–Kier alpha value is -1.69. The molecule has 0 radical (unpaired) electrons. The van der Waals surface area contributed by atoms with Gasteiger partial charge >= 0.3 is 7.12 Å². The van der Waals surface area contributed by atoms with Crippen LogP contribution in [0.15, 0.2) is 48.5 Å². The predicted molar refractivity (Wildman–Crippen MR) is 71.2 cm³/mol. The molecule has 19 heavy (non-hydrogen) atoms. The largest absolute Gasteiger partial charge is 0.488 e. The number of hydrogen-bond donors (Lipinski definition) is 2. The third-order valence-electron chi connectivity index (χ3n) is 2.74. The van der Waals surface area contributed by atoms with Gasteiger partial charge in [0.1, 0.15) is 5.82 Å². The van der Waals surface area contributed by atoms with Gasteiger partial charge in [0.15, 0.2) is 0 Å². The van der Waals surface area contributed by atoms with Gasteiger partial charge in [-0.1, -0.05) is 42.5 Å². The molecule has 2 aromatic rings. The van der Waals surface area contributed by atoms with Crippen LogP contribution in [-0.4, -0.2) is 17.2 Å². The van der Waals surface area contributed by atoms with E-state index in [2.05, 4.69) is 0 Å². The summed E-state index contributed by atoms with van der Waals surface area (Å²) in [7, 11) is -1.60. The summed E-state index contributed by atoms with van der Waals surface area (Å²) in [4.78, 5) is 0. The maximum absolute atomic E-state index is 13.5. The van der Waals surface area contributed by atoms with Crippen molar-refractivity contribution in [2.45, 2.75) is 13.2 Å². The summed E-state index contributed by atoms with van der Waals surface area (Å²) in [5, 5.41) is 18.1. The van der Waals surface area contributed by atoms with Crippen molar-refractivity contribution in [3.8, 4) is 0 Å². The van der Waals surface area contributed by atoms with E-state index in [9.17, 15) is 4.39 Å². The minimum atomic E-state index is -1.60. The topological polar surface area (TPSA) is 49.7 Å². The van der Waals surface area contributed by atoms with Crippen molar-refractivity contribution in [2.75, 3.05) is 0 Å². The van der Waals surface area contributed by atoms with Crippen LogP contribution in [0.1, 0.15) is 11.1 Å². The molecular formula is C14H14BFO3. The van der Waals surface area contributed by atoms with E-state index in [1.807, 2.05) is 30.3 Å². The van der Waals surface area contributed by atoms with Gasteiger partial charge in [-0.2, -0.15) is 0 Å². The number of halogens is 1. The molecule has 98 valence electrons. The molecule has 0 saturated heterocycles. The summed E-state index contributed by atoms with van der Waals surface area (Å²) in [5.74, 6) is -0.419. The van der Waals surface area contributed by atoms with E-state index in [-0.39, 0.29) is 12.1 Å². The third-order valence-corrected chi connectivity index (χ3v) is 2.74. The highest BCUT2D eigenvalue weighted by molar-refractivity contribution is 6.58. The molecule has 0 aromatic heterocycles. The van der Waals surface area contributed by atoms with E-state index in [1.54, 1.807) is 0 Å². The number of hydrogen-bond acceptors (Lipinski definition) is 3. The molecule has 5 heteroatoms. The molecule has 0 aliphatic heterocycles. The van der Waals surface area contributed by atoms with Crippen LogP contribution in [0, 0.1) is 5.82 Å². The first-order chi connectivity index (χ1) is 9.16. The van der Waals surface area contributed by atoms with E-state index in [4.69, 9.17) is 14.8 Å². The fourth-order valence-electron chi connectivity index (χ4n) is 1.72. The van der Waals surface area contributed by atoms with Crippen LogP contribution >= 0.6 is 0 Å². The maximum atomic E-state index is 13.5. The van der Waals surface area contributed by atoms with Crippen molar-refractivity contribution in [2.24, 2.45) is 0 Å². The molecule has 0 fully saturated rings. The monoisotopic (exact) mass is 260 g/mol. The Morgan fingerprint density at radius 1 is 1.00 bits per heavy atom. The van der Waals surface area contributed by atoms with Crippen molar-refractivity contribution >= 4 is 12.6 Å². The van der Waals surface area contributed by atoms with Gasteiger partial charge in [-0.15, -0.1) is 0 Å². The van der Waals surface area contributed by atoms with Gasteiger partial charge in [-0.3, -0.25) is 0 Å². The summed E-state index contributed by atoms with van der Waals surface area (Å²) in [6, 6.07) is 13.5. The maximum Gasteiger partial charge on any atom is 0.488 e. The lowest BCUT2D eigenvalue weighted by Crippen LogP contribution is -2.30. The average molecular weight is 260 g/mol. The molecule has 0 saturated carbocycles. The fourth-order valence-corrected chi connectivity index (χ4v) is 1.72. The molecule has 0 bridgehead atoms. The summed E-state index contributed by atoms with van der Waals surface area (Å²) in [6.45, 7) is 0.466. The van der Waals surface area contributed by atoms with E-state index >= 15 is 0 Å². The second-order valence-corrected chi connectivity index (χ2v) is 4.20. The molecule has 2 aromatic carbocycles. The van der Waals surface area contributed by atoms with Gasteiger partial charge < -0.3 is 14.8 Å². The standard InChI is InChI=1S/C14H14BFO3/c16-14-7-6-13(15(17)18)8-12(14)10-19-9-11-4-2-1-3-5-11/h1-8,17-18H,9-10H2. The Kier molecular flexibility index (Phi) is 4.68. The highest BCUT2D eigenvalue weighted by atomic mass is 19.1. The molecule has 0 aliphatic carbocycles. The van der Waals surface area contributed by atoms with Gasteiger partial charge in [0.2, 0.25) is 0 Å². The smallest absolute Gasteiger partial charge is 0.423 e. The summed E-state index contributed by atoms with van der Waals surface area (Å²) < 4.78 is 18.9. The molecule has 0 amide bonds. The second-order valence-electron chi connectivity index (χ2n) is 4.20. The molecule has 0 unspecified atom stereocenters. The van der Waals surface area contributed by atoms with Crippen molar-refractivity contribution in [1.82, 2.24) is 0 Å². The Morgan fingerprint density at radius 3 is 2.42 bits per heavy atom. The van der Waals surface area contributed by atoms with Crippen molar-refractivity contribution in [3.63, 3.8) is 0 Å². The fraction of sp³-hybridized carbons (Fsp3) is 0.143. The van der Waals surface area contributed by atoms with E-state index in [0.29, 0.717) is 12.2 Å². The summed E-state index contributed by atoms with van der Waals surface area (Å²) >= 11 is 0. The predicted octanol–water partition coefficient (Wildman–Crippen LogP) is 1.22. The van der Waals surface area contributed by atoms with Crippen LogP contribution in [0.4, 0.5) is 4.39 Å². The first-order valence-corrected chi connectivity index (χ1v) is 5.93. The number of rotatable bonds is 5. The molecule has 2 rings (SSSR count). The van der Waals surface area contributed by atoms with Gasteiger partial charge in [-0.25, -0.2) is 4.39 Å². The normalized spacial score (nSPS) is 10.5. The van der Waals surface area contributed by atoms with Crippen LogP contribution in [0.2, 0.25) is 0 Å². The van der Waals surface area contributed by atoms with Crippen LogP contribution < -0.4 is 5.46 Å². The van der Waals surface area contributed by atoms with Crippen LogP contribution in [0.5, 0.6) is 0 Å². The zero-order chi connectivity index (χ0) is 13.7. The molecule has 3 nitrogen and oxygen atoms in total. The number of benzene rings is 2. The zero-order valence-electron chi connectivity index (χ0n) is 10.3. The van der Waals surface area contributed by atoms with Crippen molar-refractivity contribution in [1.29, 1.82) is 0 Å².